The molecule has 5 heteroatoms. The molecule has 0 unspecified atom stereocenters. The maximum Gasteiger partial charge on any atom is 0.248 e. The van der Waals surface area contributed by atoms with Crippen molar-refractivity contribution in [3.05, 3.63) is 17.5 Å². The van der Waals surface area contributed by atoms with E-state index in [0.29, 0.717) is 12.8 Å². The molecule has 3 nitrogen and oxygen atoms in total. The Labute approximate surface area is 93.6 Å². The highest BCUT2D eigenvalue weighted by Gasteiger charge is 2.43. The molecule has 0 saturated heterocycles. The number of hydrogen-bond donors (Lipinski definition) is 1. The summed E-state index contributed by atoms with van der Waals surface area (Å²) < 4.78 is 27.9. The van der Waals surface area contributed by atoms with E-state index in [4.69, 9.17) is 5.73 Å². The van der Waals surface area contributed by atoms with E-state index < -0.39 is 11.5 Å². The zero-order chi connectivity index (χ0) is 12.0. The monoisotopic (exact) mass is 229 g/mol. The molecule has 0 spiro atoms. The van der Waals surface area contributed by atoms with Gasteiger partial charge in [-0.25, -0.2) is 8.78 Å². The van der Waals surface area contributed by atoms with Crippen LogP contribution in [0.4, 0.5) is 8.78 Å². The Hall–Kier alpha value is -0.970. The standard InChI is InChI=1S/C11H17F2N3/c1-8-7-15-16(2)9(8)10(14)3-5-11(12,13)6-4-10/h7H,3-6,14H2,1-2H3. The van der Waals surface area contributed by atoms with Crippen molar-refractivity contribution in [1.82, 2.24) is 9.78 Å². The Kier molecular flexibility index (Phi) is 2.53. The van der Waals surface area contributed by atoms with Gasteiger partial charge >= 0.3 is 0 Å². The second-order valence-corrected chi connectivity index (χ2v) is 4.81. The number of nitrogens with zero attached hydrogens (tertiary/aromatic N) is 2. The van der Waals surface area contributed by atoms with Crippen LogP contribution in [-0.2, 0) is 12.6 Å². The summed E-state index contributed by atoms with van der Waals surface area (Å²) in [6, 6.07) is 0. The van der Waals surface area contributed by atoms with Crippen LogP contribution >= 0.6 is 0 Å². The van der Waals surface area contributed by atoms with Crippen LogP contribution in [0.25, 0.3) is 0 Å². The first kappa shape index (κ1) is 11.5. The molecule has 1 aromatic heterocycles. The summed E-state index contributed by atoms with van der Waals surface area (Å²) >= 11 is 0. The highest BCUT2D eigenvalue weighted by molar-refractivity contribution is 5.25. The van der Waals surface area contributed by atoms with E-state index in [1.165, 1.54) is 0 Å². The van der Waals surface area contributed by atoms with Gasteiger partial charge < -0.3 is 5.73 Å². The van der Waals surface area contributed by atoms with E-state index in [9.17, 15) is 8.78 Å². The van der Waals surface area contributed by atoms with Crippen LogP contribution in [0.2, 0.25) is 0 Å². The quantitative estimate of drug-likeness (QED) is 0.801. The van der Waals surface area contributed by atoms with Crippen LogP contribution in [0.1, 0.15) is 36.9 Å². The average molecular weight is 229 g/mol. The summed E-state index contributed by atoms with van der Waals surface area (Å²) in [5.41, 5.74) is 7.48. The first-order chi connectivity index (χ1) is 7.34. The van der Waals surface area contributed by atoms with Crippen LogP contribution < -0.4 is 5.73 Å². The van der Waals surface area contributed by atoms with E-state index in [1.807, 2.05) is 14.0 Å². The van der Waals surface area contributed by atoms with Gasteiger partial charge in [0, 0.05) is 19.9 Å². The smallest absolute Gasteiger partial charge is 0.248 e. The lowest BCUT2D eigenvalue weighted by Gasteiger charge is -2.37. The second kappa shape index (κ2) is 3.52. The van der Waals surface area contributed by atoms with Gasteiger partial charge in [-0.1, -0.05) is 0 Å². The summed E-state index contributed by atoms with van der Waals surface area (Å²) in [6.45, 7) is 1.92. The highest BCUT2D eigenvalue weighted by atomic mass is 19.3. The molecule has 0 aliphatic heterocycles. The summed E-state index contributed by atoms with van der Waals surface area (Å²) in [4.78, 5) is 0. The molecule has 2 N–H and O–H groups in total. The van der Waals surface area contributed by atoms with Gasteiger partial charge in [0.05, 0.1) is 17.4 Å². The SMILES string of the molecule is Cc1cnn(C)c1C1(N)CCC(F)(F)CC1. The third-order valence-electron chi connectivity index (χ3n) is 3.47. The van der Waals surface area contributed by atoms with Gasteiger partial charge in [-0.2, -0.15) is 5.10 Å². The summed E-state index contributed by atoms with van der Waals surface area (Å²) in [5.74, 6) is -2.55. The van der Waals surface area contributed by atoms with Crippen molar-refractivity contribution in [2.24, 2.45) is 12.8 Å². The van der Waals surface area contributed by atoms with Crippen molar-refractivity contribution in [2.75, 3.05) is 0 Å². The lowest BCUT2D eigenvalue weighted by molar-refractivity contribution is -0.0524. The zero-order valence-corrected chi connectivity index (χ0v) is 9.63. The van der Waals surface area contributed by atoms with Crippen LogP contribution in [0.3, 0.4) is 0 Å². The molecular formula is C11H17F2N3. The van der Waals surface area contributed by atoms with E-state index >= 15 is 0 Å². The lowest BCUT2D eigenvalue weighted by atomic mass is 9.77. The first-order valence-electron chi connectivity index (χ1n) is 5.50. The molecule has 0 amide bonds. The largest absolute Gasteiger partial charge is 0.320 e. The number of aryl methyl sites for hydroxylation is 2. The number of rotatable bonds is 1. The van der Waals surface area contributed by atoms with Gasteiger partial charge in [-0.3, -0.25) is 4.68 Å². The van der Waals surface area contributed by atoms with Gasteiger partial charge in [-0.15, -0.1) is 0 Å². The van der Waals surface area contributed by atoms with Gasteiger partial charge in [0.1, 0.15) is 0 Å². The summed E-state index contributed by atoms with van der Waals surface area (Å²) in [7, 11) is 1.81. The first-order valence-corrected chi connectivity index (χ1v) is 5.50. The Balaban J connectivity index is 2.28. The fourth-order valence-electron chi connectivity index (χ4n) is 2.56. The molecule has 16 heavy (non-hydrogen) atoms. The molecule has 0 radical (unpaired) electrons. The molecule has 1 fully saturated rings. The average Bonchev–Trinajstić information content (AvgIpc) is 2.53. The van der Waals surface area contributed by atoms with Gasteiger partial charge in [0.2, 0.25) is 5.92 Å². The van der Waals surface area contributed by atoms with Crippen LogP contribution in [0, 0.1) is 6.92 Å². The Morgan fingerprint density at radius 3 is 2.31 bits per heavy atom. The molecule has 1 heterocycles. The van der Waals surface area contributed by atoms with Gasteiger partial charge in [0.15, 0.2) is 0 Å². The number of alkyl halides is 2. The molecule has 0 aromatic carbocycles. The molecule has 2 rings (SSSR count). The molecule has 0 atom stereocenters. The normalized spacial score (nSPS) is 23.3. The predicted molar refractivity (Wildman–Crippen MR) is 57.2 cm³/mol. The van der Waals surface area contributed by atoms with E-state index in [2.05, 4.69) is 5.10 Å². The maximum atomic E-state index is 13.1. The van der Waals surface area contributed by atoms with E-state index in [-0.39, 0.29) is 12.8 Å². The van der Waals surface area contributed by atoms with E-state index in [0.717, 1.165) is 11.3 Å². The third-order valence-corrected chi connectivity index (χ3v) is 3.47. The Morgan fingerprint density at radius 1 is 1.31 bits per heavy atom. The molecule has 1 aromatic rings. The lowest BCUT2D eigenvalue weighted by Crippen LogP contribution is -2.45. The van der Waals surface area contributed by atoms with Crippen LogP contribution in [-0.4, -0.2) is 15.7 Å². The third kappa shape index (κ3) is 1.84. The topological polar surface area (TPSA) is 43.8 Å². The van der Waals surface area contributed by atoms with E-state index in [1.54, 1.807) is 10.9 Å². The number of halogens is 2. The Bertz CT molecular complexity index is 368. The Morgan fingerprint density at radius 2 is 1.88 bits per heavy atom. The minimum absolute atomic E-state index is 0.131. The van der Waals surface area contributed by atoms with Crippen molar-refractivity contribution < 1.29 is 8.78 Å². The number of nitrogens with two attached hydrogens (primary N) is 1. The number of aromatic nitrogens is 2. The molecule has 1 aliphatic rings. The fraction of sp³-hybridized carbons (Fsp3) is 0.727. The molecule has 90 valence electrons. The maximum absolute atomic E-state index is 13.1. The van der Waals surface area contributed by atoms with Crippen molar-refractivity contribution in [3.8, 4) is 0 Å². The predicted octanol–water partition coefficient (Wildman–Crippen LogP) is 2.09. The van der Waals surface area contributed by atoms with Gasteiger partial charge in [0.25, 0.3) is 0 Å². The second-order valence-electron chi connectivity index (χ2n) is 4.81. The number of hydrogen-bond acceptors (Lipinski definition) is 2. The van der Waals surface area contributed by atoms with Crippen molar-refractivity contribution in [1.29, 1.82) is 0 Å². The minimum Gasteiger partial charge on any atom is -0.320 e. The van der Waals surface area contributed by atoms with Crippen molar-refractivity contribution in [3.63, 3.8) is 0 Å². The molecule has 0 bridgehead atoms. The van der Waals surface area contributed by atoms with Gasteiger partial charge in [-0.05, 0) is 25.3 Å². The summed E-state index contributed by atoms with van der Waals surface area (Å²) in [6.07, 6.45) is 2.11. The molecule has 1 saturated carbocycles. The van der Waals surface area contributed by atoms with Crippen molar-refractivity contribution in [2.45, 2.75) is 44.1 Å². The zero-order valence-electron chi connectivity index (χ0n) is 9.63. The highest BCUT2D eigenvalue weighted by Crippen LogP contribution is 2.42. The van der Waals surface area contributed by atoms with Crippen LogP contribution in [0.5, 0.6) is 0 Å². The fourth-order valence-corrected chi connectivity index (χ4v) is 2.56. The molecule has 1 aliphatic carbocycles. The molecular weight excluding hydrogens is 212 g/mol. The van der Waals surface area contributed by atoms with Crippen molar-refractivity contribution >= 4 is 0 Å². The van der Waals surface area contributed by atoms with Crippen LogP contribution in [0.15, 0.2) is 6.20 Å². The summed E-state index contributed by atoms with van der Waals surface area (Å²) in [5, 5.41) is 4.12. The minimum atomic E-state index is -2.55.